The summed E-state index contributed by atoms with van der Waals surface area (Å²) in [5.41, 5.74) is 7.52. The topological polar surface area (TPSA) is 107 Å². The van der Waals surface area contributed by atoms with E-state index in [2.05, 4.69) is 29.4 Å². The average Bonchev–Trinajstić information content (AvgIpc) is 3.41. The molecule has 0 atom stereocenters. The van der Waals surface area contributed by atoms with Crippen LogP contribution in [0.3, 0.4) is 0 Å². The smallest absolute Gasteiger partial charge is 0.302 e. The normalized spacial score (nSPS) is 11.7. The van der Waals surface area contributed by atoms with Crippen LogP contribution >= 0.6 is 11.3 Å². The number of benzene rings is 3. The fourth-order valence-electron chi connectivity index (χ4n) is 4.61. The van der Waals surface area contributed by atoms with Gasteiger partial charge in [0.1, 0.15) is 17.2 Å². The Bertz CT molecular complexity index is 2080. The highest BCUT2D eigenvalue weighted by atomic mass is 32.1. The SMILES string of the molecule is CC(=O)OCc1cnc(C)c2oc(=Nc3ccc(-c4nc5ccc(C)cc5s4)cc3)c(C(=O)Nc3ccc(C)cc3)cc12. The summed E-state index contributed by atoms with van der Waals surface area (Å²) in [5.74, 6) is -0.804. The third-order valence-corrected chi connectivity index (χ3v) is 7.99. The second kappa shape index (κ2) is 11.6. The van der Waals surface area contributed by atoms with Gasteiger partial charge in [-0.15, -0.1) is 11.3 Å². The van der Waals surface area contributed by atoms with Gasteiger partial charge in [-0.2, -0.15) is 0 Å². The minimum atomic E-state index is -0.418. The molecule has 0 radical (unpaired) electrons. The fraction of sp³-hybridized carbons (Fsp3) is 0.147. The van der Waals surface area contributed by atoms with Gasteiger partial charge >= 0.3 is 5.97 Å². The van der Waals surface area contributed by atoms with Gasteiger partial charge in [-0.05, 0) is 80.9 Å². The van der Waals surface area contributed by atoms with E-state index in [9.17, 15) is 9.59 Å². The predicted molar refractivity (Wildman–Crippen MR) is 168 cm³/mol. The number of aryl methyl sites for hydroxylation is 3. The van der Waals surface area contributed by atoms with Crippen LogP contribution in [0.5, 0.6) is 0 Å². The van der Waals surface area contributed by atoms with Crippen molar-refractivity contribution in [1.82, 2.24) is 9.97 Å². The van der Waals surface area contributed by atoms with Crippen LogP contribution in [0.2, 0.25) is 0 Å². The van der Waals surface area contributed by atoms with E-state index in [1.165, 1.54) is 12.5 Å². The zero-order valence-electron chi connectivity index (χ0n) is 24.1. The maximum atomic E-state index is 13.6. The van der Waals surface area contributed by atoms with E-state index >= 15 is 0 Å². The molecule has 43 heavy (non-hydrogen) atoms. The standard InChI is InChI=1S/C34H28N4O4S/c1-19-5-10-25(11-6-19)36-32(40)28-16-27-24(18-41-22(4)39)17-35-21(3)31(27)42-33(28)37-26-12-8-23(9-13-26)34-38-29-14-7-20(2)15-30(29)43-34/h5-17H,18H2,1-4H3,(H,36,40). The van der Waals surface area contributed by atoms with Crippen LogP contribution < -0.4 is 10.9 Å². The highest BCUT2D eigenvalue weighted by Crippen LogP contribution is 2.32. The Morgan fingerprint density at radius 1 is 0.953 bits per heavy atom. The number of hydrogen-bond donors (Lipinski definition) is 1. The minimum absolute atomic E-state index is 0.00303. The molecule has 1 amide bonds. The number of fused-ring (bicyclic) bond motifs is 2. The molecule has 0 unspecified atom stereocenters. The molecule has 0 saturated heterocycles. The van der Waals surface area contributed by atoms with Crippen LogP contribution in [0.1, 0.15) is 39.7 Å². The molecular formula is C34H28N4O4S. The summed E-state index contributed by atoms with van der Waals surface area (Å²) in [6, 6.07) is 23.1. The summed E-state index contributed by atoms with van der Waals surface area (Å²) >= 11 is 1.64. The second-order valence-electron chi connectivity index (χ2n) is 10.3. The largest absolute Gasteiger partial charge is 0.461 e. The second-order valence-corrected chi connectivity index (χ2v) is 11.4. The lowest BCUT2D eigenvalue weighted by atomic mass is 10.1. The number of nitrogens with one attached hydrogen (secondary N) is 1. The van der Waals surface area contributed by atoms with Gasteiger partial charge in [-0.1, -0.05) is 23.8 Å². The Balaban J connectivity index is 1.43. The molecule has 0 bridgehead atoms. The van der Waals surface area contributed by atoms with E-state index in [0.717, 1.165) is 26.4 Å². The number of thiazole rings is 1. The van der Waals surface area contributed by atoms with Gasteiger partial charge in [0, 0.05) is 35.3 Å². The molecule has 1 N–H and O–H groups in total. The molecule has 3 heterocycles. The van der Waals surface area contributed by atoms with Crippen LogP contribution in [-0.2, 0) is 16.1 Å². The van der Waals surface area contributed by atoms with Crippen molar-refractivity contribution < 1.29 is 18.7 Å². The van der Waals surface area contributed by atoms with Crippen LogP contribution in [0.25, 0.3) is 31.8 Å². The predicted octanol–water partition coefficient (Wildman–Crippen LogP) is 7.58. The number of esters is 1. The Hall–Kier alpha value is -5.15. The zero-order chi connectivity index (χ0) is 30.1. The molecular weight excluding hydrogens is 560 g/mol. The molecule has 3 aromatic heterocycles. The number of anilines is 1. The molecule has 0 saturated carbocycles. The first-order valence-corrected chi connectivity index (χ1v) is 14.5. The zero-order valence-corrected chi connectivity index (χ0v) is 24.9. The van der Waals surface area contributed by atoms with Gasteiger partial charge < -0.3 is 14.5 Å². The third kappa shape index (κ3) is 6.07. The van der Waals surface area contributed by atoms with Crippen molar-refractivity contribution in [2.75, 3.05) is 5.32 Å². The fourth-order valence-corrected chi connectivity index (χ4v) is 5.68. The lowest BCUT2D eigenvalue weighted by Gasteiger charge is -2.11. The first kappa shape index (κ1) is 28.0. The van der Waals surface area contributed by atoms with E-state index < -0.39 is 5.97 Å². The molecule has 0 spiro atoms. The molecule has 214 valence electrons. The van der Waals surface area contributed by atoms with E-state index in [4.69, 9.17) is 19.1 Å². The minimum Gasteiger partial charge on any atom is -0.461 e. The number of rotatable bonds is 6. The lowest BCUT2D eigenvalue weighted by molar-refractivity contribution is -0.142. The van der Waals surface area contributed by atoms with Crippen molar-refractivity contribution in [3.05, 3.63) is 112 Å². The monoisotopic (exact) mass is 588 g/mol. The Morgan fingerprint density at radius 2 is 1.70 bits per heavy atom. The molecule has 3 aromatic carbocycles. The van der Waals surface area contributed by atoms with Gasteiger partial charge in [0.05, 0.1) is 21.6 Å². The number of carbonyl (C=O) groups excluding carboxylic acids is 2. The van der Waals surface area contributed by atoms with E-state index in [1.807, 2.05) is 68.4 Å². The van der Waals surface area contributed by atoms with Crippen molar-refractivity contribution in [1.29, 1.82) is 0 Å². The van der Waals surface area contributed by atoms with Gasteiger partial charge in [0.2, 0.25) is 5.55 Å². The summed E-state index contributed by atoms with van der Waals surface area (Å²) in [6.07, 6.45) is 1.62. The Morgan fingerprint density at radius 3 is 2.44 bits per heavy atom. The first-order chi connectivity index (χ1) is 20.7. The van der Waals surface area contributed by atoms with Gasteiger partial charge in [-0.25, -0.2) is 9.98 Å². The van der Waals surface area contributed by atoms with Crippen molar-refractivity contribution in [3.8, 4) is 10.6 Å². The van der Waals surface area contributed by atoms with Crippen molar-refractivity contribution >= 4 is 55.8 Å². The number of pyridine rings is 1. The maximum absolute atomic E-state index is 13.6. The molecule has 8 nitrogen and oxygen atoms in total. The van der Waals surface area contributed by atoms with Crippen LogP contribution in [0, 0.1) is 20.8 Å². The number of ether oxygens (including phenoxy) is 1. The molecule has 6 rings (SSSR count). The number of hydrogen-bond acceptors (Lipinski definition) is 8. The van der Waals surface area contributed by atoms with Gasteiger partial charge in [0.15, 0.2) is 5.58 Å². The number of carbonyl (C=O) groups is 2. The van der Waals surface area contributed by atoms with Gasteiger partial charge in [0.25, 0.3) is 5.91 Å². The molecule has 0 aliphatic carbocycles. The highest BCUT2D eigenvalue weighted by Gasteiger charge is 2.17. The van der Waals surface area contributed by atoms with Crippen LogP contribution in [0.15, 0.2) is 88.4 Å². The van der Waals surface area contributed by atoms with E-state index in [1.54, 1.807) is 23.6 Å². The van der Waals surface area contributed by atoms with Crippen molar-refractivity contribution in [2.24, 2.45) is 4.99 Å². The summed E-state index contributed by atoms with van der Waals surface area (Å²) in [5, 5.41) is 4.47. The lowest BCUT2D eigenvalue weighted by Crippen LogP contribution is -2.22. The quantitative estimate of drug-likeness (QED) is 0.201. The van der Waals surface area contributed by atoms with Crippen LogP contribution in [-0.4, -0.2) is 21.8 Å². The summed E-state index contributed by atoms with van der Waals surface area (Å²) < 4.78 is 12.6. The van der Waals surface area contributed by atoms with Crippen molar-refractivity contribution in [2.45, 2.75) is 34.3 Å². The average molecular weight is 589 g/mol. The molecule has 0 fully saturated rings. The summed E-state index contributed by atoms with van der Waals surface area (Å²) in [6.45, 7) is 7.20. The highest BCUT2D eigenvalue weighted by molar-refractivity contribution is 7.21. The van der Waals surface area contributed by atoms with E-state index in [0.29, 0.717) is 33.6 Å². The first-order valence-electron chi connectivity index (χ1n) is 13.7. The summed E-state index contributed by atoms with van der Waals surface area (Å²) in [7, 11) is 0. The summed E-state index contributed by atoms with van der Waals surface area (Å²) in [4.78, 5) is 39.1. The van der Waals surface area contributed by atoms with Gasteiger partial charge in [-0.3, -0.25) is 14.6 Å². The Labute approximate surface area is 251 Å². The van der Waals surface area contributed by atoms with E-state index in [-0.39, 0.29) is 23.6 Å². The van der Waals surface area contributed by atoms with Crippen molar-refractivity contribution in [3.63, 3.8) is 0 Å². The molecule has 0 aliphatic heterocycles. The number of nitrogens with zero attached hydrogens (tertiary/aromatic N) is 3. The number of aromatic nitrogens is 2. The maximum Gasteiger partial charge on any atom is 0.302 e. The van der Waals surface area contributed by atoms with Crippen LogP contribution in [0.4, 0.5) is 11.4 Å². The molecule has 9 heteroatoms. The number of amides is 1. The Kier molecular flexibility index (Phi) is 7.56. The molecule has 6 aromatic rings. The third-order valence-electron chi connectivity index (χ3n) is 6.92. The molecule has 0 aliphatic rings.